The summed E-state index contributed by atoms with van der Waals surface area (Å²) in [6.07, 6.45) is 2.61. The molecule has 0 aliphatic rings. The highest BCUT2D eigenvalue weighted by molar-refractivity contribution is 7.92. The number of rotatable bonds is 12. The molecule has 0 bridgehead atoms. The minimum Gasteiger partial charge on any atom is -0.354 e. The number of amides is 2. The lowest BCUT2D eigenvalue weighted by Gasteiger charge is -2.31. The van der Waals surface area contributed by atoms with Crippen molar-refractivity contribution in [3.63, 3.8) is 0 Å². The number of benzene rings is 2. The number of nitro groups is 1. The van der Waals surface area contributed by atoms with Crippen LogP contribution in [0, 0.1) is 17.0 Å². The Hall–Kier alpha value is -3.47. The summed E-state index contributed by atoms with van der Waals surface area (Å²) in [6, 6.07) is 11.6. The number of sulfonamides is 1. The summed E-state index contributed by atoms with van der Waals surface area (Å²) in [6.45, 7) is 5.43. The highest BCUT2D eigenvalue weighted by atomic mass is 32.2. The second kappa shape index (κ2) is 12.3. The highest BCUT2D eigenvalue weighted by Crippen LogP contribution is 2.24. The van der Waals surface area contributed by atoms with Gasteiger partial charge in [0.25, 0.3) is 5.69 Å². The number of nitro benzene ring substituents is 1. The fraction of sp³-hybridized carbons (Fsp3) is 0.417. The number of non-ortho nitro benzene ring substituents is 1. The molecular formula is C24H32N4O6S. The second-order valence-electron chi connectivity index (χ2n) is 8.32. The lowest BCUT2D eigenvalue weighted by molar-refractivity contribution is -0.384. The van der Waals surface area contributed by atoms with Crippen LogP contribution in [0.5, 0.6) is 0 Å². The first-order chi connectivity index (χ1) is 16.5. The minimum absolute atomic E-state index is 0.00839. The molecular weight excluding hydrogens is 472 g/mol. The van der Waals surface area contributed by atoms with E-state index in [4.69, 9.17) is 0 Å². The Balaban J connectivity index is 2.40. The van der Waals surface area contributed by atoms with E-state index < -0.39 is 33.4 Å². The van der Waals surface area contributed by atoms with Crippen LogP contribution in [0.1, 0.15) is 37.8 Å². The zero-order valence-electron chi connectivity index (χ0n) is 20.4. The van der Waals surface area contributed by atoms with E-state index >= 15 is 0 Å². The molecule has 1 N–H and O–H groups in total. The van der Waals surface area contributed by atoms with Gasteiger partial charge in [0.2, 0.25) is 21.8 Å². The zero-order valence-corrected chi connectivity index (χ0v) is 21.2. The first kappa shape index (κ1) is 27.8. The third-order valence-electron chi connectivity index (χ3n) is 5.61. The van der Waals surface area contributed by atoms with Crippen LogP contribution in [0.4, 0.5) is 11.4 Å². The molecule has 11 heteroatoms. The predicted molar refractivity (Wildman–Crippen MR) is 134 cm³/mol. The molecule has 0 radical (unpaired) electrons. The number of aryl methyl sites for hydroxylation is 1. The number of unbranched alkanes of at least 4 members (excludes halogenated alkanes) is 1. The summed E-state index contributed by atoms with van der Waals surface area (Å²) in [7, 11) is -3.97. The van der Waals surface area contributed by atoms with Gasteiger partial charge in [0.05, 0.1) is 16.9 Å². The zero-order chi connectivity index (χ0) is 26.2. The molecule has 2 aromatic carbocycles. The SMILES string of the molecule is CCCCNC(=O)C(C)N(Cc1ccccc1C)C(=O)CN(c1cccc([N+](=O)[O-])c1)S(C)(=O)=O. The minimum atomic E-state index is -3.97. The van der Waals surface area contributed by atoms with E-state index in [9.17, 15) is 28.1 Å². The van der Waals surface area contributed by atoms with Crippen LogP contribution >= 0.6 is 0 Å². The summed E-state index contributed by atoms with van der Waals surface area (Å²) in [4.78, 5) is 38.2. The van der Waals surface area contributed by atoms with Crippen LogP contribution in [0.25, 0.3) is 0 Å². The lowest BCUT2D eigenvalue weighted by Crippen LogP contribution is -2.51. The molecule has 2 aromatic rings. The molecule has 0 aromatic heterocycles. The van der Waals surface area contributed by atoms with Gasteiger partial charge in [-0.15, -0.1) is 0 Å². The number of carbonyl (C=O) groups excluding carboxylic acids is 2. The molecule has 0 aliphatic carbocycles. The molecule has 1 unspecified atom stereocenters. The van der Waals surface area contributed by atoms with Gasteiger partial charge < -0.3 is 10.2 Å². The van der Waals surface area contributed by atoms with Gasteiger partial charge in [0, 0.05) is 25.2 Å². The predicted octanol–water partition coefficient (Wildman–Crippen LogP) is 3.00. The Labute approximate surface area is 206 Å². The number of anilines is 1. The van der Waals surface area contributed by atoms with Gasteiger partial charge in [-0.2, -0.15) is 0 Å². The van der Waals surface area contributed by atoms with Crippen molar-refractivity contribution in [3.05, 3.63) is 69.8 Å². The Morgan fingerprint density at radius 2 is 1.83 bits per heavy atom. The molecule has 2 rings (SSSR count). The van der Waals surface area contributed by atoms with Crippen molar-refractivity contribution in [1.82, 2.24) is 10.2 Å². The van der Waals surface area contributed by atoms with Gasteiger partial charge in [-0.3, -0.25) is 24.0 Å². The van der Waals surface area contributed by atoms with Crippen molar-refractivity contribution >= 4 is 33.2 Å². The number of nitrogens with one attached hydrogen (secondary N) is 1. The molecule has 0 aliphatic heterocycles. The normalized spacial score (nSPS) is 12.0. The standard InChI is InChI=1S/C24H32N4O6S/c1-5-6-14-25-24(30)19(3)26(16-20-11-8-7-10-18(20)2)23(29)17-27(35(4,33)34)21-12-9-13-22(15-21)28(31)32/h7-13,15,19H,5-6,14,16-17H2,1-4H3,(H,25,30). The maximum absolute atomic E-state index is 13.5. The average Bonchev–Trinajstić information content (AvgIpc) is 2.80. The van der Waals surface area contributed by atoms with Gasteiger partial charge in [-0.05, 0) is 37.5 Å². The van der Waals surface area contributed by atoms with Crippen molar-refractivity contribution in [2.24, 2.45) is 0 Å². The first-order valence-electron chi connectivity index (χ1n) is 11.3. The molecule has 0 saturated heterocycles. The topological polar surface area (TPSA) is 130 Å². The van der Waals surface area contributed by atoms with Crippen LogP contribution in [-0.2, 0) is 26.2 Å². The van der Waals surface area contributed by atoms with E-state index in [-0.39, 0.29) is 23.8 Å². The van der Waals surface area contributed by atoms with E-state index in [2.05, 4.69) is 5.32 Å². The average molecular weight is 505 g/mol. The lowest BCUT2D eigenvalue weighted by atomic mass is 10.1. The smallest absolute Gasteiger partial charge is 0.271 e. The molecule has 10 nitrogen and oxygen atoms in total. The van der Waals surface area contributed by atoms with Gasteiger partial charge in [-0.1, -0.05) is 43.7 Å². The highest BCUT2D eigenvalue weighted by Gasteiger charge is 2.30. The van der Waals surface area contributed by atoms with Gasteiger partial charge in [-0.25, -0.2) is 8.42 Å². The summed E-state index contributed by atoms with van der Waals surface area (Å²) < 4.78 is 25.9. The maximum Gasteiger partial charge on any atom is 0.271 e. The molecule has 2 amide bonds. The second-order valence-corrected chi connectivity index (χ2v) is 10.2. The van der Waals surface area contributed by atoms with Gasteiger partial charge in [0.15, 0.2) is 0 Å². The fourth-order valence-corrected chi connectivity index (χ4v) is 4.31. The van der Waals surface area contributed by atoms with E-state index in [1.165, 1.54) is 23.1 Å². The van der Waals surface area contributed by atoms with Crippen LogP contribution in [0.3, 0.4) is 0 Å². The van der Waals surface area contributed by atoms with Crippen LogP contribution in [-0.4, -0.2) is 55.4 Å². The molecule has 0 fully saturated rings. The number of nitrogens with zero attached hydrogens (tertiary/aromatic N) is 3. The number of carbonyl (C=O) groups is 2. The van der Waals surface area contributed by atoms with Gasteiger partial charge in [0.1, 0.15) is 12.6 Å². The molecule has 0 saturated carbocycles. The summed E-state index contributed by atoms with van der Waals surface area (Å²) >= 11 is 0. The van der Waals surface area contributed by atoms with Crippen LogP contribution in [0.15, 0.2) is 48.5 Å². The van der Waals surface area contributed by atoms with Crippen molar-refractivity contribution in [2.75, 3.05) is 23.7 Å². The van der Waals surface area contributed by atoms with Crippen molar-refractivity contribution in [1.29, 1.82) is 0 Å². The summed E-state index contributed by atoms with van der Waals surface area (Å²) in [5.41, 5.74) is 1.42. The Morgan fingerprint density at radius 3 is 2.43 bits per heavy atom. The van der Waals surface area contributed by atoms with Gasteiger partial charge >= 0.3 is 0 Å². The fourth-order valence-electron chi connectivity index (χ4n) is 3.47. The quantitative estimate of drug-likeness (QED) is 0.269. The molecule has 1 atom stereocenters. The van der Waals surface area contributed by atoms with Crippen molar-refractivity contribution in [2.45, 2.75) is 46.2 Å². The molecule has 0 heterocycles. The van der Waals surface area contributed by atoms with E-state index in [1.807, 2.05) is 38.1 Å². The third-order valence-corrected chi connectivity index (χ3v) is 6.75. The molecule has 35 heavy (non-hydrogen) atoms. The molecule has 190 valence electrons. The maximum atomic E-state index is 13.5. The van der Waals surface area contributed by atoms with E-state index in [1.54, 1.807) is 6.92 Å². The van der Waals surface area contributed by atoms with Crippen molar-refractivity contribution < 1.29 is 22.9 Å². The van der Waals surface area contributed by atoms with Crippen molar-refractivity contribution in [3.8, 4) is 0 Å². The summed E-state index contributed by atoms with van der Waals surface area (Å²) in [5.74, 6) is -0.954. The monoisotopic (exact) mass is 504 g/mol. The summed E-state index contributed by atoms with van der Waals surface area (Å²) in [5, 5.41) is 14.0. The Morgan fingerprint density at radius 1 is 1.14 bits per heavy atom. The first-order valence-corrected chi connectivity index (χ1v) is 13.1. The van der Waals surface area contributed by atoms with E-state index in [0.717, 1.165) is 40.6 Å². The van der Waals surface area contributed by atoms with E-state index in [0.29, 0.717) is 6.54 Å². The Kier molecular flexibility index (Phi) is 9.76. The van der Waals surface area contributed by atoms with Crippen LogP contribution < -0.4 is 9.62 Å². The third kappa shape index (κ3) is 7.78. The molecule has 0 spiro atoms. The largest absolute Gasteiger partial charge is 0.354 e. The number of hydrogen-bond donors (Lipinski definition) is 1. The number of hydrogen-bond acceptors (Lipinski definition) is 6. The van der Waals surface area contributed by atoms with Crippen LogP contribution in [0.2, 0.25) is 0 Å². The Bertz CT molecular complexity index is 1170.